The van der Waals surface area contributed by atoms with Crippen LogP contribution < -0.4 is 4.74 Å². The smallest absolute Gasteiger partial charge is 0.354 e. The number of aromatic nitrogens is 3. The number of nitrogens with zero attached hydrogens (tertiary/aromatic N) is 5. The number of hydrogen-bond donors (Lipinski definition) is 1. The van der Waals surface area contributed by atoms with Gasteiger partial charge in [0.1, 0.15) is 34.8 Å². The number of imidazole rings is 1. The van der Waals surface area contributed by atoms with E-state index in [2.05, 4.69) is 16.0 Å². The van der Waals surface area contributed by atoms with Gasteiger partial charge in [0.2, 0.25) is 0 Å². The molecule has 0 radical (unpaired) electrons. The third kappa shape index (κ3) is 5.67. The first-order chi connectivity index (χ1) is 21.7. The lowest BCUT2D eigenvalue weighted by Crippen LogP contribution is -2.34. The highest BCUT2D eigenvalue weighted by atomic mass is 35.5. The zero-order chi connectivity index (χ0) is 31.3. The van der Waals surface area contributed by atoms with Gasteiger partial charge in [-0.2, -0.15) is 5.26 Å². The van der Waals surface area contributed by atoms with Gasteiger partial charge in [0.05, 0.1) is 18.2 Å². The molecule has 0 spiro atoms. The maximum Gasteiger partial charge on any atom is 0.354 e. The summed E-state index contributed by atoms with van der Waals surface area (Å²) in [7, 11) is 0. The zero-order valence-corrected chi connectivity index (χ0v) is 25.1. The Labute approximate surface area is 263 Å². The summed E-state index contributed by atoms with van der Waals surface area (Å²) < 4.78 is 38.3. The van der Waals surface area contributed by atoms with Gasteiger partial charge in [-0.15, -0.1) is 0 Å². The number of para-hydroxylation sites is 1. The Hall–Kier alpha value is -4.33. The van der Waals surface area contributed by atoms with Gasteiger partial charge in [-0.05, 0) is 86.7 Å². The Balaban J connectivity index is 1.11. The first kappa shape index (κ1) is 29.4. The number of fused-ring (bicyclic) bond motifs is 2. The summed E-state index contributed by atoms with van der Waals surface area (Å²) in [5.74, 6) is -0.738. The summed E-state index contributed by atoms with van der Waals surface area (Å²) in [6.45, 7) is 2.62. The summed E-state index contributed by atoms with van der Waals surface area (Å²) in [6, 6.07) is 15.2. The van der Waals surface area contributed by atoms with Crippen LogP contribution in [0.1, 0.15) is 77.1 Å². The summed E-state index contributed by atoms with van der Waals surface area (Å²) in [4.78, 5) is 23.2. The number of carboxylic acids is 1. The van der Waals surface area contributed by atoms with E-state index in [0.717, 1.165) is 50.2 Å². The van der Waals surface area contributed by atoms with Crippen LogP contribution in [0.3, 0.4) is 0 Å². The maximum absolute atomic E-state index is 15.3. The summed E-state index contributed by atoms with van der Waals surface area (Å²) in [6.07, 6.45) is 4.29. The van der Waals surface area contributed by atoms with Gasteiger partial charge in [0.25, 0.3) is 0 Å². The van der Waals surface area contributed by atoms with E-state index in [0.29, 0.717) is 42.0 Å². The number of carbonyl (C=O) groups is 1. The molecule has 2 aliphatic heterocycles. The quantitative estimate of drug-likeness (QED) is 0.216. The van der Waals surface area contributed by atoms with Crippen LogP contribution in [0.15, 0.2) is 54.6 Å². The van der Waals surface area contributed by atoms with Gasteiger partial charge in [-0.3, -0.25) is 4.90 Å². The van der Waals surface area contributed by atoms with Crippen molar-refractivity contribution in [3.63, 3.8) is 0 Å². The monoisotopic (exact) mass is 629 g/mol. The Kier molecular flexibility index (Phi) is 7.54. The van der Waals surface area contributed by atoms with Crippen LogP contribution in [0.5, 0.6) is 5.75 Å². The number of piperidine rings is 1. The fraction of sp³-hybridized carbons (Fsp3) is 0.353. The minimum Gasteiger partial charge on any atom is -0.480 e. The van der Waals surface area contributed by atoms with Crippen LogP contribution in [0.25, 0.3) is 17.0 Å². The van der Waals surface area contributed by atoms with Crippen LogP contribution >= 0.6 is 11.6 Å². The molecular weight excluding hydrogens is 600 g/mol. The molecular formula is C34H30ClF2N5O3. The van der Waals surface area contributed by atoms with E-state index in [1.807, 2.05) is 16.7 Å². The molecule has 11 heteroatoms. The highest BCUT2D eigenvalue weighted by Crippen LogP contribution is 2.50. The molecule has 1 N–H and O–H groups in total. The van der Waals surface area contributed by atoms with Gasteiger partial charge in [0, 0.05) is 29.0 Å². The average Bonchev–Trinajstić information content (AvgIpc) is 3.70. The lowest BCUT2D eigenvalue weighted by Gasteiger charge is -2.34. The SMILES string of the molecule is N#CCC1(Cn2c(CN3CCC(c4cccc5c4OC(c4ccc(Cl)cc4F)C=C5F)CC3)nc3ccc(C(=O)O)nc32)CC1. The zero-order valence-electron chi connectivity index (χ0n) is 24.3. The molecule has 1 atom stereocenters. The Morgan fingerprint density at radius 3 is 2.62 bits per heavy atom. The highest BCUT2D eigenvalue weighted by molar-refractivity contribution is 6.30. The van der Waals surface area contributed by atoms with Crippen LogP contribution in [-0.4, -0.2) is 43.6 Å². The van der Waals surface area contributed by atoms with Crippen molar-refractivity contribution in [1.29, 1.82) is 5.26 Å². The molecule has 1 unspecified atom stereocenters. The molecule has 4 aromatic rings. The standard InChI is InChI=1S/C34H30ClF2N5O3/c35-21-4-5-23(25(36)16-21)29-17-26(37)24-3-1-2-22(31(24)45-29)20-8-14-41(15-9-20)18-30-39-27-6-7-28(33(43)44)40-32(27)42(30)19-34(10-11-34)12-13-38/h1-7,16-17,20,29H,8-12,14-15,18-19H2,(H,43,44). The molecule has 45 heavy (non-hydrogen) atoms. The van der Waals surface area contributed by atoms with Crippen LogP contribution in [0.2, 0.25) is 5.02 Å². The van der Waals surface area contributed by atoms with Crippen molar-refractivity contribution in [2.24, 2.45) is 5.41 Å². The molecule has 2 fully saturated rings. The lowest BCUT2D eigenvalue weighted by molar-refractivity contribution is 0.0691. The van der Waals surface area contributed by atoms with E-state index in [1.165, 1.54) is 24.3 Å². The van der Waals surface area contributed by atoms with E-state index < -0.39 is 23.7 Å². The lowest BCUT2D eigenvalue weighted by atomic mass is 9.86. The van der Waals surface area contributed by atoms with E-state index in [1.54, 1.807) is 18.2 Å². The van der Waals surface area contributed by atoms with Crippen molar-refractivity contribution >= 4 is 34.6 Å². The first-order valence-electron chi connectivity index (χ1n) is 15.0. The average molecular weight is 630 g/mol. The van der Waals surface area contributed by atoms with Gasteiger partial charge < -0.3 is 14.4 Å². The van der Waals surface area contributed by atoms with Crippen molar-refractivity contribution in [2.75, 3.05) is 13.1 Å². The summed E-state index contributed by atoms with van der Waals surface area (Å²) in [5.41, 5.74) is 2.48. The number of aromatic carboxylic acids is 1. The van der Waals surface area contributed by atoms with E-state index >= 15 is 4.39 Å². The van der Waals surface area contributed by atoms with Gasteiger partial charge >= 0.3 is 5.97 Å². The normalized spacial score (nSPS) is 19.4. The second-order valence-corrected chi connectivity index (χ2v) is 12.7. The number of hydrogen-bond acceptors (Lipinski definition) is 6. The third-order valence-corrected chi connectivity index (χ3v) is 9.54. The second kappa shape index (κ2) is 11.5. The summed E-state index contributed by atoms with van der Waals surface area (Å²) in [5, 5.41) is 19.2. The van der Waals surface area contributed by atoms with Crippen LogP contribution in [0.4, 0.5) is 8.78 Å². The molecule has 8 nitrogen and oxygen atoms in total. The van der Waals surface area contributed by atoms with E-state index in [-0.39, 0.29) is 27.6 Å². The Morgan fingerprint density at radius 1 is 1.11 bits per heavy atom. The maximum atomic E-state index is 15.3. The molecule has 1 saturated heterocycles. The van der Waals surface area contributed by atoms with Crippen molar-refractivity contribution in [2.45, 2.75) is 57.2 Å². The molecule has 0 bridgehead atoms. The molecule has 2 aromatic carbocycles. The fourth-order valence-electron chi connectivity index (χ4n) is 6.59. The van der Waals surface area contributed by atoms with Gasteiger partial charge in [-0.1, -0.05) is 29.8 Å². The summed E-state index contributed by atoms with van der Waals surface area (Å²) >= 11 is 5.93. The fourth-order valence-corrected chi connectivity index (χ4v) is 6.75. The van der Waals surface area contributed by atoms with Gasteiger partial charge in [0.15, 0.2) is 11.3 Å². The second-order valence-electron chi connectivity index (χ2n) is 12.3. The topological polar surface area (TPSA) is 104 Å². The largest absolute Gasteiger partial charge is 0.480 e. The molecule has 3 aliphatic rings. The number of nitriles is 1. The predicted octanol–water partition coefficient (Wildman–Crippen LogP) is 7.44. The number of likely N-dealkylation sites (tertiary alicyclic amines) is 1. The van der Waals surface area contributed by atoms with Crippen LogP contribution in [0, 0.1) is 22.6 Å². The minimum absolute atomic E-state index is 0.0399. The molecule has 7 rings (SSSR count). The molecule has 1 aliphatic carbocycles. The number of pyridine rings is 1. The number of benzene rings is 2. The Bertz CT molecular complexity index is 1890. The predicted molar refractivity (Wildman–Crippen MR) is 164 cm³/mol. The highest BCUT2D eigenvalue weighted by Gasteiger charge is 2.43. The van der Waals surface area contributed by atoms with Crippen molar-refractivity contribution in [3.05, 3.63) is 93.7 Å². The molecule has 2 aromatic heterocycles. The van der Waals surface area contributed by atoms with Gasteiger partial charge in [-0.25, -0.2) is 23.5 Å². The van der Waals surface area contributed by atoms with Crippen molar-refractivity contribution < 1.29 is 23.4 Å². The number of ether oxygens (including phenoxy) is 1. The first-order valence-corrected chi connectivity index (χ1v) is 15.4. The Morgan fingerprint density at radius 2 is 1.91 bits per heavy atom. The van der Waals surface area contributed by atoms with Crippen LogP contribution in [-0.2, 0) is 13.1 Å². The van der Waals surface area contributed by atoms with E-state index in [4.69, 9.17) is 21.3 Å². The molecule has 230 valence electrons. The van der Waals surface area contributed by atoms with E-state index in [9.17, 15) is 19.6 Å². The third-order valence-electron chi connectivity index (χ3n) is 9.30. The number of rotatable bonds is 8. The minimum atomic E-state index is -1.10. The van der Waals surface area contributed by atoms with Crippen molar-refractivity contribution in [3.8, 4) is 11.8 Å². The van der Waals surface area contributed by atoms with Crippen molar-refractivity contribution in [1.82, 2.24) is 19.4 Å². The number of carboxylic acid groups (broad SMARTS) is 1. The number of halogens is 3. The molecule has 4 heterocycles. The molecule has 0 amide bonds. The molecule has 1 saturated carbocycles.